The zero-order valence-electron chi connectivity index (χ0n) is 12.9. The van der Waals surface area contributed by atoms with Crippen molar-refractivity contribution in [3.8, 4) is 5.69 Å². The first-order chi connectivity index (χ1) is 11.8. The van der Waals surface area contributed by atoms with Gasteiger partial charge >= 0.3 is 0 Å². The summed E-state index contributed by atoms with van der Waals surface area (Å²) in [6, 6.07) is 23.1. The Morgan fingerprint density at radius 3 is 2.33 bits per heavy atom. The Morgan fingerprint density at radius 2 is 1.62 bits per heavy atom. The molecule has 2 heterocycles. The summed E-state index contributed by atoms with van der Waals surface area (Å²) in [5.41, 5.74) is 7.94. The predicted molar refractivity (Wildman–Crippen MR) is 95.1 cm³/mol. The molecule has 5 nitrogen and oxygen atoms in total. The van der Waals surface area contributed by atoms with E-state index < -0.39 is 0 Å². The van der Waals surface area contributed by atoms with Crippen molar-refractivity contribution < 1.29 is 4.79 Å². The summed E-state index contributed by atoms with van der Waals surface area (Å²) in [5, 5.41) is 5.22. The van der Waals surface area contributed by atoms with Gasteiger partial charge < -0.3 is 5.73 Å². The Hall–Kier alpha value is -3.47. The maximum Gasteiger partial charge on any atom is 0.170 e. The summed E-state index contributed by atoms with van der Waals surface area (Å²) in [6.07, 6.45) is 2.48. The fraction of sp³-hybridized carbons (Fsp3) is 0. The minimum atomic E-state index is 0.339. The van der Waals surface area contributed by atoms with E-state index in [4.69, 9.17) is 5.73 Å². The van der Waals surface area contributed by atoms with Crippen LogP contribution in [0.1, 0.15) is 10.5 Å². The number of carbonyl (C=O) groups excluding carboxylic acids is 1. The third-order valence-corrected chi connectivity index (χ3v) is 3.39. The van der Waals surface area contributed by atoms with Crippen LogP contribution in [0.25, 0.3) is 16.6 Å². The zero-order valence-corrected chi connectivity index (χ0v) is 12.9. The molecule has 0 spiro atoms. The Labute approximate surface area is 139 Å². The van der Waals surface area contributed by atoms with Crippen LogP contribution in [0.15, 0.2) is 79.0 Å². The van der Waals surface area contributed by atoms with Crippen LogP contribution in [0.5, 0.6) is 0 Å². The third kappa shape index (κ3) is 3.47. The highest BCUT2D eigenvalue weighted by Gasteiger charge is 2.04. The van der Waals surface area contributed by atoms with E-state index in [0.29, 0.717) is 17.8 Å². The lowest BCUT2D eigenvalue weighted by Crippen LogP contribution is -2.01. The smallest absolute Gasteiger partial charge is 0.170 e. The van der Waals surface area contributed by atoms with Gasteiger partial charge in [0.1, 0.15) is 11.5 Å². The fourth-order valence-corrected chi connectivity index (χ4v) is 2.26. The van der Waals surface area contributed by atoms with Crippen LogP contribution in [-0.4, -0.2) is 21.1 Å². The van der Waals surface area contributed by atoms with Gasteiger partial charge in [-0.25, -0.2) is 4.68 Å². The van der Waals surface area contributed by atoms with Gasteiger partial charge in [-0.15, -0.1) is 0 Å². The summed E-state index contributed by atoms with van der Waals surface area (Å²) in [7, 11) is 0. The van der Waals surface area contributed by atoms with Crippen LogP contribution in [-0.2, 0) is 0 Å². The molecule has 0 saturated carbocycles. The molecule has 118 valence electrons. The number of aldehydes is 1. The Kier molecular flexibility index (Phi) is 4.62. The first kappa shape index (κ1) is 15.4. The minimum Gasteiger partial charge on any atom is -0.384 e. The van der Waals surface area contributed by atoms with E-state index in [-0.39, 0.29) is 0 Å². The maximum absolute atomic E-state index is 10.5. The number of pyridine rings is 1. The van der Waals surface area contributed by atoms with Gasteiger partial charge in [-0.2, -0.15) is 5.10 Å². The summed E-state index contributed by atoms with van der Waals surface area (Å²) in [4.78, 5) is 14.7. The number of fused-ring (bicyclic) bond motifs is 1. The number of para-hydroxylation sites is 2. The number of hydrogen-bond donors (Lipinski definition) is 1. The number of carbonyl (C=O) groups is 1. The van der Waals surface area contributed by atoms with E-state index in [9.17, 15) is 4.79 Å². The van der Waals surface area contributed by atoms with E-state index in [2.05, 4.69) is 22.2 Å². The molecule has 5 heteroatoms. The van der Waals surface area contributed by atoms with Crippen molar-refractivity contribution in [2.45, 2.75) is 0 Å². The highest BCUT2D eigenvalue weighted by molar-refractivity contribution is 5.77. The highest BCUT2D eigenvalue weighted by Crippen LogP contribution is 2.12. The maximum atomic E-state index is 10.5. The molecular weight excluding hydrogens is 300 g/mol. The van der Waals surface area contributed by atoms with Crippen molar-refractivity contribution in [2.75, 3.05) is 5.73 Å². The van der Waals surface area contributed by atoms with Gasteiger partial charge in [0.2, 0.25) is 0 Å². The molecule has 0 fully saturated rings. The number of anilines is 1. The quantitative estimate of drug-likeness (QED) is 0.574. The summed E-state index contributed by atoms with van der Waals surface area (Å²) in [6.45, 7) is 0. The molecule has 4 aromatic rings. The van der Waals surface area contributed by atoms with Crippen molar-refractivity contribution >= 4 is 23.0 Å². The minimum absolute atomic E-state index is 0.339. The average Bonchev–Trinajstić information content (AvgIpc) is 3.04. The topological polar surface area (TPSA) is 73.8 Å². The average molecular weight is 316 g/mol. The second kappa shape index (κ2) is 7.19. The molecular formula is C19H16N4O. The molecule has 2 aromatic carbocycles. The van der Waals surface area contributed by atoms with Crippen LogP contribution >= 0.6 is 0 Å². The van der Waals surface area contributed by atoms with Crippen molar-refractivity contribution in [2.24, 2.45) is 0 Å². The normalized spacial score (nSPS) is 10.0. The molecule has 0 saturated heterocycles. The van der Waals surface area contributed by atoms with Crippen molar-refractivity contribution in [3.05, 3.63) is 84.7 Å². The van der Waals surface area contributed by atoms with Crippen LogP contribution in [0.3, 0.4) is 0 Å². The van der Waals surface area contributed by atoms with Crippen LogP contribution in [0, 0.1) is 0 Å². The van der Waals surface area contributed by atoms with Gasteiger partial charge in [-0.3, -0.25) is 9.78 Å². The van der Waals surface area contributed by atoms with Gasteiger partial charge in [-0.05, 0) is 24.3 Å². The first-order valence-electron chi connectivity index (χ1n) is 7.44. The number of hydrogen-bond acceptors (Lipinski definition) is 4. The third-order valence-electron chi connectivity index (χ3n) is 3.39. The molecule has 0 atom stereocenters. The number of benzene rings is 2. The summed E-state index contributed by atoms with van der Waals surface area (Å²) < 4.78 is 1.53. The number of aromatic nitrogens is 3. The monoisotopic (exact) mass is 316 g/mol. The van der Waals surface area contributed by atoms with Gasteiger partial charge in [0.25, 0.3) is 0 Å². The largest absolute Gasteiger partial charge is 0.384 e. The Balaban J connectivity index is 0.000000149. The molecule has 0 amide bonds. The van der Waals surface area contributed by atoms with Crippen molar-refractivity contribution in [1.82, 2.24) is 14.8 Å². The van der Waals surface area contributed by atoms with Crippen LogP contribution in [0.2, 0.25) is 0 Å². The van der Waals surface area contributed by atoms with Crippen LogP contribution < -0.4 is 5.73 Å². The molecule has 2 aromatic heterocycles. The van der Waals surface area contributed by atoms with E-state index >= 15 is 0 Å². The molecule has 0 aliphatic heterocycles. The lowest BCUT2D eigenvalue weighted by Gasteiger charge is -2.01. The standard InChI is InChI=1S/C10H9N3O.C9H7N/c11-10-6-8(7-14)12-13(10)9-4-2-1-3-5-9;1-2-6-9-8(4-1)5-3-7-10-9/h1-7H,11H2;1-7H. The molecule has 24 heavy (non-hydrogen) atoms. The first-order valence-corrected chi connectivity index (χ1v) is 7.44. The van der Waals surface area contributed by atoms with Gasteiger partial charge in [-0.1, -0.05) is 42.5 Å². The number of nitrogen functional groups attached to an aromatic ring is 1. The molecule has 0 bridgehead atoms. The van der Waals surface area contributed by atoms with E-state index in [1.54, 1.807) is 6.07 Å². The highest BCUT2D eigenvalue weighted by atomic mass is 16.1. The van der Waals surface area contributed by atoms with Crippen molar-refractivity contribution in [1.29, 1.82) is 0 Å². The molecule has 0 aliphatic rings. The SMILES string of the molecule is Nc1cc(C=O)nn1-c1ccccc1.c1ccc2ncccc2c1. The predicted octanol–water partition coefficient (Wildman–Crippen LogP) is 3.50. The zero-order chi connectivity index (χ0) is 16.8. The molecule has 4 rings (SSSR count). The summed E-state index contributed by atoms with van der Waals surface area (Å²) in [5.74, 6) is 0.457. The Bertz CT molecular complexity index is 882. The molecule has 0 radical (unpaired) electrons. The van der Waals surface area contributed by atoms with E-state index in [1.807, 2.05) is 60.8 Å². The number of nitrogens with zero attached hydrogens (tertiary/aromatic N) is 3. The lowest BCUT2D eigenvalue weighted by atomic mass is 10.2. The summed E-state index contributed by atoms with van der Waals surface area (Å²) >= 11 is 0. The van der Waals surface area contributed by atoms with E-state index in [0.717, 1.165) is 11.2 Å². The number of nitrogens with two attached hydrogens (primary N) is 1. The van der Waals surface area contributed by atoms with Gasteiger partial charge in [0, 0.05) is 17.6 Å². The van der Waals surface area contributed by atoms with Gasteiger partial charge in [0.15, 0.2) is 6.29 Å². The molecule has 0 unspecified atom stereocenters. The fourth-order valence-electron chi connectivity index (χ4n) is 2.26. The van der Waals surface area contributed by atoms with Crippen molar-refractivity contribution in [3.63, 3.8) is 0 Å². The Morgan fingerprint density at radius 1 is 0.917 bits per heavy atom. The van der Waals surface area contributed by atoms with Gasteiger partial charge in [0.05, 0.1) is 11.2 Å². The molecule has 0 aliphatic carbocycles. The van der Waals surface area contributed by atoms with Crippen LogP contribution in [0.4, 0.5) is 5.82 Å². The number of rotatable bonds is 2. The second-order valence-electron chi connectivity index (χ2n) is 5.06. The lowest BCUT2D eigenvalue weighted by molar-refractivity contribution is 0.111. The van der Waals surface area contributed by atoms with E-state index in [1.165, 1.54) is 10.1 Å². The molecule has 2 N–H and O–H groups in total. The second-order valence-corrected chi connectivity index (χ2v) is 5.06.